The highest BCUT2D eigenvalue weighted by Crippen LogP contribution is 2.33. The van der Waals surface area contributed by atoms with E-state index in [1.807, 2.05) is 61.5 Å². The van der Waals surface area contributed by atoms with Crippen LogP contribution in [-0.2, 0) is 17.9 Å². The molecule has 2 heterocycles. The fourth-order valence-corrected chi connectivity index (χ4v) is 5.04. The van der Waals surface area contributed by atoms with Gasteiger partial charge < -0.3 is 19.9 Å². The number of benzene rings is 3. The van der Waals surface area contributed by atoms with E-state index in [-0.39, 0.29) is 24.3 Å². The smallest absolute Gasteiger partial charge is 0.256 e. The third-order valence-electron chi connectivity index (χ3n) is 6.79. The molecule has 1 N–H and O–H groups in total. The standard InChI is InChI=1S/C29H29N3O4/c1-2-36-26-16-8-4-10-20(26)18-30-27(33)22-12-5-3-11-21(22)19-32-24-14-7-6-13-23(24)28(34)31-17-9-15-25(31)29(32)35/h3-8,10-14,16,25H,2,9,15,17-19H2,1H3,(H,30,33)/t25-/m1/s1. The normalized spacial score (nSPS) is 16.9. The number of hydrogen-bond acceptors (Lipinski definition) is 4. The molecule has 1 saturated heterocycles. The summed E-state index contributed by atoms with van der Waals surface area (Å²) in [5.74, 6) is 0.298. The van der Waals surface area contributed by atoms with E-state index in [4.69, 9.17) is 4.74 Å². The number of ether oxygens (including phenoxy) is 1. The molecule has 2 aliphatic rings. The van der Waals surface area contributed by atoms with Gasteiger partial charge in [0.05, 0.1) is 24.4 Å². The Kier molecular flexibility index (Phi) is 6.71. The zero-order valence-corrected chi connectivity index (χ0v) is 20.3. The molecule has 1 fully saturated rings. The lowest BCUT2D eigenvalue weighted by atomic mass is 10.0. The average molecular weight is 484 g/mol. The minimum atomic E-state index is -0.471. The second kappa shape index (κ2) is 10.2. The van der Waals surface area contributed by atoms with Crippen LogP contribution < -0.4 is 15.0 Å². The highest BCUT2D eigenvalue weighted by molar-refractivity contribution is 6.11. The summed E-state index contributed by atoms with van der Waals surface area (Å²) >= 11 is 0. The van der Waals surface area contributed by atoms with Crippen molar-refractivity contribution in [3.63, 3.8) is 0 Å². The SMILES string of the molecule is CCOc1ccccc1CNC(=O)c1ccccc1CN1C(=O)[C@H]2CCCN2C(=O)c2ccccc21. The summed E-state index contributed by atoms with van der Waals surface area (Å²) in [6.45, 7) is 3.57. The van der Waals surface area contributed by atoms with Gasteiger partial charge in [0, 0.05) is 24.2 Å². The summed E-state index contributed by atoms with van der Waals surface area (Å²) in [7, 11) is 0. The molecule has 1 atom stereocenters. The molecule has 0 saturated carbocycles. The predicted octanol–water partition coefficient (Wildman–Crippen LogP) is 4.17. The van der Waals surface area contributed by atoms with Crippen LogP contribution in [0.2, 0.25) is 0 Å². The third kappa shape index (κ3) is 4.44. The second-order valence-corrected chi connectivity index (χ2v) is 8.98. The molecule has 0 unspecified atom stereocenters. The molecular formula is C29H29N3O4. The number of rotatable bonds is 7. The van der Waals surface area contributed by atoms with Crippen molar-refractivity contribution in [3.8, 4) is 5.75 Å². The van der Waals surface area contributed by atoms with Crippen LogP contribution in [0.1, 0.15) is 51.6 Å². The fourth-order valence-electron chi connectivity index (χ4n) is 5.04. The maximum atomic E-state index is 13.6. The lowest BCUT2D eigenvalue weighted by Crippen LogP contribution is -2.44. The van der Waals surface area contributed by atoms with Crippen molar-refractivity contribution < 1.29 is 19.1 Å². The summed E-state index contributed by atoms with van der Waals surface area (Å²) in [6, 6.07) is 21.7. The van der Waals surface area contributed by atoms with Crippen LogP contribution in [0.25, 0.3) is 0 Å². The number of amides is 3. The number of carbonyl (C=O) groups is 3. The van der Waals surface area contributed by atoms with Gasteiger partial charge in [-0.05, 0) is 49.6 Å². The molecule has 3 aromatic rings. The van der Waals surface area contributed by atoms with Gasteiger partial charge in [0.2, 0.25) is 5.91 Å². The van der Waals surface area contributed by atoms with Gasteiger partial charge in [0.1, 0.15) is 11.8 Å². The molecule has 3 amide bonds. The number of hydrogen-bond donors (Lipinski definition) is 1. The van der Waals surface area contributed by atoms with Gasteiger partial charge in [0.25, 0.3) is 11.8 Å². The molecule has 0 radical (unpaired) electrons. The first kappa shape index (κ1) is 23.6. The Morgan fingerprint density at radius 3 is 2.53 bits per heavy atom. The largest absolute Gasteiger partial charge is 0.494 e. The zero-order chi connectivity index (χ0) is 25.1. The second-order valence-electron chi connectivity index (χ2n) is 8.98. The van der Waals surface area contributed by atoms with Gasteiger partial charge in [-0.1, -0.05) is 48.5 Å². The Balaban J connectivity index is 1.42. The van der Waals surface area contributed by atoms with Crippen LogP contribution in [0.15, 0.2) is 72.8 Å². The maximum absolute atomic E-state index is 13.6. The molecule has 0 aliphatic carbocycles. The molecule has 184 valence electrons. The van der Waals surface area contributed by atoms with Gasteiger partial charge in [-0.3, -0.25) is 14.4 Å². The first-order chi connectivity index (χ1) is 17.6. The van der Waals surface area contributed by atoms with E-state index in [1.165, 1.54) is 0 Å². The molecule has 2 aliphatic heterocycles. The minimum Gasteiger partial charge on any atom is -0.494 e. The lowest BCUT2D eigenvalue weighted by molar-refractivity contribution is -0.122. The molecule has 36 heavy (non-hydrogen) atoms. The fraction of sp³-hybridized carbons (Fsp3) is 0.276. The Morgan fingerprint density at radius 1 is 0.972 bits per heavy atom. The summed E-state index contributed by atoms with van der Waals surface area (Å²) in [6.07, 6.45) is 1.46. The van der Waals surface area contributed by atoms with Crippen molar-refractivity contribution in [2.24, 2.45) is 0 Å². The molecule has 5 rings (SSSR count). The number of fused-ring (bicyclic) bond motifs is 2. The van der Waals surface area contributed by atoms with E-state index < -0.39 is 6.04 Å². The van der Waals surface area contributed by atoms with Gasteiger partial charge >= 0.3 is 0 Å². The Hall–Kier alpha value is -4.13. The minimum absolute atomic E-state index is 0.105. The third-order valence-corrected chi connectivity index (χ3v) is 6.79. The van der Waals surface area contributed by atoms with Crippen LogP contribution in [0.4, 0.5) is 5.69 Å². The summed E-state index contributed by atoms with van der Waals surface area (Å²) in [4.78, 5) is 43.5. The first-order valence-corrected chi connectivity index (χ1v) is 12.4. The van der Waals surface area contributed by atoms with Gasteiger partial charge in [0.15, 0.2) is 0 Å². The molecule has 7 heteroatoms. The first-order valence-electron chi connectivity index (χ1n) is 12.4. The lowest BCUT2D eigenvalue weighted by Gasteiger charge is -2.26. The molecule has 3 aromatic carbocycles. The Morgan fingerprint density at radius 2 is 1.69 bits per heavy atom. The van der Waals surface area contributed by atoms with E-state index in [9.17, 15) is 14.4 Å². The van der Waals surface area contributed by atoms with Gasteiger partial charge in [-0.25, -0.2) is 0 Å². The number of carbonyl (C=O) groups excluding carboxylic acids is 3. The van der Waals surface area contributed by atoms with Crippen molar-refractivity contribution in [1.82, 2.24) is 10.2 Å². The van der Waals surface area contributed by atoms with Crippen molar-refractivity contribution in [1.29, 1.82) is 0 Å². The number of nitrogens with one attached hydrogen (secondary N) is 1. The van der Waals surface area contributed by atoms with E-state index in [0.29, 0.717) is 42.9 Å². The van der Waals surface area contributed by atoms with Crippen LogP contribution in [0.3, 0.4) is 0 Å². The monoisotopic (exact) mass is 483 g/mol. The molecular weight excluding hydrogens is 454 g/mol. The van der Waals surface area contributed by atoms with Crippen molar-refractivity contribution in [3.05, 3.63) is 95.1 Å². The summed E-state index contributed by atoms with van der Waals surface area (Å²) < 4.78 is 5.67. The highest BCUT2D eigenvalue weighted by atomic mass is 16.5. The molecule has 0 aromatic heterocycles. The highest BCUT2D eigenvalue weighted by Gasteiger charge is 2.42. The summed E-state index contributed by atoms with van der Waals surface area (Å²) in [5.41, 5.74) is 3.21. The van der Waals surface area contributed by atoms with Crippen LogP contribution >= 0.6 is 0 Å². The molecule has 0 spiro atoms. The maximum Gasteiger partial charge on any atom is 0.256 e. The predicted molar refractivity (Wildman–Crippen MR) is 137 cm³/mol. The van der Waals surface area contributed by atoms with E-state index in [0.717, 1.165) is 23.3 Å². The van der Waals surface area contributed by atoms with Crippen molar-refractivity contribution in [2.75, 3.05) is 18.1 Å². The van der Waals surface area contributed by atoms with E-state index in [2.05, 4.69) is 5.32 Å². The van der Waals surface area contributed by atoms with Crippen molar-refractivity contribution in [2.45, 2.75) is 38.9 Å². The molecule has 0 bridgehead atoms. The number of anilines is 1. The quantitative estimate of drug-likeness (QED) is 0.547. The Labute approximate surface area is 210 Å². The Bertz CT molecular complexity index is 1300. The van der Waals surface area contributed by atoms with Gasteiger partial charge in [-0.15, -0.1) is 0 Å². The number of nitrogens with zero attached hydrogens (tertiary/aromatic N) is 2. The van der Waals surface area contributed by atoms with Crippen LogP contribution in [0, 0.1) is 0 Å². The van der Waals surface area contributed by atoms with Crippen LogP contribution in [-0.4, -0.2) is 41.8 Å². The van der Waals surface area contributed by atoms with Crippen LogP contribution in [0.5, 0.6) is 5.75 Å². The molecule has 7 nitrogen and oxygen atoms in total. The van der Waals surface area contributed by atoms with E-state index in [1.54, 1.807) is 28.0 Å². The summed E-state index contributed by atoms with van der Waals surface area (Å²) in [5, 5.41) is 2.99. The average Bonchev–Trinajstić information content (AvgIpc) is 3.38. The topological polar surface area (TPSA) is 79.0 Å². The van der Waals surface area contributed by atoms with Gasteiger partial charge in [-0.2, -0.15) is 0 Å². The number of para-hydroxylation sites is 2. The zero-order valence-electron chi connectivity index (χ0n) is 20.3. The van der Waals surface area contributed by atoms with Crippen molar-refractivity contribution >= 4 is 23.4 Å². The van der Waals surface area contributed by atoms with E-state index >= 15 is 0 Å².